The molecule has 0 aromatic heterocycles. The molecule has 0 N–H and O–H groups in total. The summed E-state index contributed by atoms with van der Waals surface area (Å²) >= 11 is 0. The summed E-state index contributed by atoms with van der Waals surface area (Å²) < 4.78 is 16.8. The van der Waals surface area contributed by atoms with Crippen LogP contribution in [0.5, 0.6) is 0 Å². The smallest absolute Gasteiger partial charge is 0.306 e. The Morgan fingerprint density at radius 1 is 0.333 bits per heavy atom. The minimum atomic E-state index is -0.801. The molecule has 0 aliphatic heterocycles. The molecular formula is C57H94O6. The van der Waals surface area contributed by atoms with Crippen molar-refractivity contribution in [2.75, 3.05) is 13.2 Å². The molecule has 6 nitrogen and oxygen atoms in total. The van der Waals surface area contributed by atoms with E-state index >= 15 is 0 Å². The summed E-state index contributed by atoms with van der Waals surface area (Å²) in [5, 5.41) is 0. The van der Waals surface area contributed by atoms with Crippen LogP contribution in [-0.4, -0.2) is 37.2 Å². The molecule has 0 saturated carbocycles. The van der Waals surface area contributed by atoms with Crippen LogP contribution in [0.1, 0.15) is 226 Å². The van der Waals surface area contributed by atoms with E-state index in [9.17, 15) is 14.4 Å². The minimum Gasteiger partial charge on any atom is -0.462 e. The second kappa shape index (κ2) is 51.0. The van der Waals surface area contributed by atoms with Crippen LogP contribution in [0.15, 0.2) is 97.2 Å². The highest BCUT2D eigenvalue weighted by atomic mass is 16.6. The van der Waals surface area contributed by atoms with Gasteiger partial charge in [-0.3, -0.25) is 14.4 Å². The van der Waals surface area contributed by atoms with E-state index in [1.807, 2.05) is 60.8 Å². The van der Waals surface area contributed by atoms with Crippen LogP contribution >= 0.6 is 0 Å². The Hall–Kier alpha value is -3.67. The number of unbranched alkanes of at least 4 members (excludes halogenated alkanes) is 24. The van der Waals surface area contributed by atoms with E-state index < -0.39 is 6.10 Å². The molecule has 0 aliphatic rings. The minimum absolute atomic E-state index is 0.0963. The van der Waals surface area contributed by atoms with Crippen molar-refractivity contribution in [3.8, 4) is 0 Å². The number of carbonyl (C=O) groups excluding carboxylic acids is 3. The van der Waals surface area contributed by atoms with Gasteiger partial charge in [-0.2, -0.15) is 0 Å². The highest BCUT2D eigenvalue weighted by molar-refractivity contribution is 5.71. The molecule has 1 unspecified atom stereocenters. The van der Waals surface area contributed by atoms with Gasteiger partial charge in [0.25, 0.3) is 0 Å². The van der Waals surface area contributed by atoms with Crippen molar-refractivity contribution < 1.29 is 28.6 Å². The number of hydrogen-bond acceptors (Lipinski definition) is 6. The fraction of sp³-hybridized carbons (Fsp3) is 0.667. The molecular weight excluding hydrogens is 781 g/mol. The van der Waals surface area contributed by atoms with Crippen LogP contribution in [0.25, 0.3) is 0 Å². The highest BCUT2D eigenvalue weighted by Crippen LogP contribution is 2.15. The van der Waals surface area contributed by atoms with Crippen LogP contribution < -0.4 is 0 Å². The van der Waals surface area contributed by atoms with Gasteiger partial charge in [-0.05, 0) is 64.2 Å². The number of rotatable bonds is 45. The van der Waals surface area contributed by atoms with Crippen LogP contribution in [0.2, 0.25) is 0 Å². The fourth-order valence-corrected chi connectivity index (χ4v) is 6.88. The Kier molecular flexibility index (Phi) is 48.0. The number of esters is 3. The number of hydrogen-bond donors (Lipinski definition) is 0. The van der Waals surface area contributed by atoms with Crippen molar-refractivity contribution in [1.29, 1.82) is 0 Å². The maximum absolute atomic E-state index is 12.8. The second-order valence-electron chi connectivity index (χ2n) is 16.9. The molecule has 0 rings (SSSR count). The monoisotopic (exact) mass is 875 g/mol. The largest absolute Gasteiger partial charge is 0.462 e. The zero-order valence-corrected chi connectivity index (χ0v) is 40.8. The number of allylic oxidation sites excluding steroid dienone is 16. The van der Waals surface area contributed by atoms with E-state index in [2.05, 4.69) is 57.2 Å². The summed E-state index contributed by atoms with van der Waals surface area (Å²) in [6, 6.07) is 0. The van der Waals surface area contributed by atoms with E-state index in [1.165, 1.54) is 103 Å². The van der Waals surface area contributed by atoms with Gasteiger partial charge < -0.3 is 14.2 Å². The summed E-state index contributed by atoms with van der Waals surface area (Å²) in [4.78, 5) is 38.0. The van der Waals surface area contributed by atoms with Gasteiger partial charge in [-0.1, -0.05) is 240 Å². The lowest BCUT2D eigenvalue weighted by molar-refractivity contribution is -0.167. The van der Waals surface area contributed by atoms with Gasteiger partial charge in [-0.25, -0.2) is 0 Å². The lowest BCUT2D eigenvalue weighted by Crippen LogP contribution is -2.30. The van der Waals surface area contributed by atoms with Gasteiger partial charge >= 0.3 is 17.9 Å². The molecule has 63 heavy (non-hydrogen) atoms. The van der Waals surface area contributed by atoms with Gasteiger partial charge in [-0.15, -0.1) is 0 Å². The molecule has 358 valence electrons. The summed E-state index contributed by atoms with van der Waals surface area (Å²) in [5.41, 5.74) is 0. The van der Waals surface area contributed by atoms with Gasteiger partial charge in [0.05, 0.1) is 0 Å². The average molecular weight is 875 g/mol. The first-order valence-corrected chi connectivity index (χ1v) is 25.8. The Morgan fingerprint density at radius 3 is 1.03 bits per heavy atom. The summed E-state index contributed by atoms with van der Waals surface area (Å²) in [6.45, 7) is 6.41. The SMILES string of the molecule is CC\C=C/C=C\C=C/C=C\C=C\C=C/CCCCCC(=O)OCC(COC(=O)CCCCCCCCCCCCCCC)OC(=O)CCCCCCCC/C=C\C=C/CCCCC. The van der Waals surface area contributed by atoms with Gasteiger partial charge in [0.1, 0.15) is 13.2 Å². The fourth-order valence-electron chi connectivity index (χ4n) is 6.88. The molecule has 0 spiro atoms. The molecule has 0 aromatic carbocycles. The normalized spacial score (nSPS) is 12.9. The Balaban J connectivity index is 4.51. The van der Waals surface area contributed by atoms with E-state index in [-0.39, 0.29) is 31.1 Å². The van der Waals surface area contributed by atoms with E-state index in [4.69, 9.17) is 14.2 Å². The molecule has 0 fully saturated rings. The molecule has 6 heteroatoms. The van der Waals surface area contributed by atoms with Crippen LogP contribution in [0, 0.1) is 0 Å². The van der Waals surface area contributed by atoms with Gasteiger partial charge in [0, 0.05) is 19.3 Å². The third-order valence-electron chi connectivity index (χ3n) is 10.8. The molecule has 0 saturated heterocycles. The third kappa shape index (κ3) is 49.2. The van der Waals surface area contributed by atoms with Gasteiger partial charge in [0.15, 0.2) is 6.10 Å². The first-order valence-electron chi connectivity index (χ1n) is 25.8. The van der Waals surface area contributed by atoms with E-state index in [0.29, 0.717) is 19.3 Å². The molecule has 1 atom stereocenters. The first kappa shape index (κ1) is 59.3. The van der Waals surface area contributed by atoms with Gasteiger partial charge in [0.2, 0.25) is 0 Å². The Bertz CT molecular complexity index is 1280. The predicted octanol–water partition coefficient (Wildman–Crippen LogP) is 17.0. The lowest BCUT2D eigenvalue weighted by atomic mass is 10.0. The Morgan fingerprint density at radius 2 is 0.619 bits per heavy atom. The van der Waals surface area contributed by atoms with Crippen molar-refractivity contribution in [3.63, 3.8) is 0 Å². The summed E-state index contributed by atoms with van der Waals surface area (Å²) in [7, 11) is 0. The first-order chi connectivity index (χ1) is 31.0. The molecule has 0 aromatic rings. The average Bonchev–Trinajstić information content (AvgIpc) is 3.28. The second-order valence-corrected chi connectivity index (χ2v) is 16.9. The summed E-state index contributed by atoms with van der Waals surface area (Å²) in [6.07, 6.45) is 66.6. The number of carbonyl (C=O) groups is 3. The molecule has 0 radical (unpaired) electrons. The van der Waals surface area contributed by atoms with Crippen molar-refractivity contribution in [3.05, 3.63) is 97.2 Å². The number of ether oxygens (including phenoxy) is 3. The molecule has 0 bridgehead atoms. The Labute approximate surface area is 387 Å². The zero-order valence-electron chi connectivity index (χ0n) is 40.8. The van der Waals surface area contributed by atoms with Crippen LogP contribution in [0.3, 0.4) is 0 Å². The standard InChI is InChI=1S/C57H94O6/c1-4-7-10-13-16-19-22-25-27-28-30-32-35-38-41-44-47-50-56(59)62-53-54(52-61-55(58)49-46-43-40-37-34-31-24-21-18-15-12-9-6-3)63-57(60)51-48-45-42-39-36-33-29-26-23-20-17-14-11-8-5-2/h7,10,13,16-17,19-20,22-23,25-28,30,32,35,54H,4-6,8-9,11-12,14-15,18,21,24,29,31,33-34,36-53H2,1-3H3/b10-7-,16-13-,20-17-,22-19-,26-23-,27-25-,30-28+,35-32-. The zero-order chi connectivity index (χ0) is 45.8. The highest BCUT2D eigenvalue weighted by Gasteiger charge is 2.19. The van der Waals surface area contributed by atoms with E-state index in [1.54, 1.807) is 0 Å². The van der Waals surface area contributed by atoms with Crippen LogP contribution in [-0.2, 0) is 28.6 Å². The third-order valence-corrected chi connectivity index (χ3v) is 10.8. The van der Waals surface area contributed by atoms with Crippen molar-refractivity contribution >= 4 is 17.9 Å². The molecule has 0 amide bonds. The predicted molar refractivity (Wildman–Crippen MR) is 270 cm³/mol. The van der Waals surface area contributed by atoms with Crippen molar-refractivity contribution in [2.24, 2.45) is 0 Å². The maximum Gasteiger partial charge on any atom is 0.306 e. The maximum atomic E-state index is 12.8. The van der Waals surface area contributed by atoms with E-state index in [0.717, 1.165) is 83.5 Å². The molecule has 0 aliphatic carbocycles. The summed E-state index contributed by atoms with van der Waals surface area (Å²) in [5.74, 6) is -0.955. The van der Waals surface area contributed by atoms with Crippen LogP contribution in [0.4, 0.5) is 0 Å². The van der Waals surface area contributed by atoms with Crippen molar-refractivity contribution in [2.45, 2.75) is 232 Å². The lowest BCUT2D eigenvalue weighted by Gasteiger charge is -2.18. The molecule has 0 heterocycles. The van der Waals surface area contributed by atoms with Crippen molar-refractivity contribution in [1.82, 2.24) is 0 Å². The quantitative estimate of drug-likeness (QED) is 0.0262. The topological polar surface area (TPSA) is 78.9 Å².